The highest BCUT2D eigenvalue weighted by molar-refractivity contribution is 5.79. The van der Waals surface area contributed by atoms with Crippen molar-refractivity contribution in [3.8, 4) is 11.3 Å². The van der Waals surface area contributed by atoms with E-state index in [0.717, 1.165) is 16.8 Å². The third kappa shape index (κ3) is 1.72. The normalized spacial score (nSPS) is 10.1. The number of benzene rings is 1. The standard InChI is InChI=1S/C13H13NO2/c1-10-8-9-14(13(15)16-2)12(10)11-6-4-3-5-7-11/h3-9H,1-2H3. The Morgan fingerprint density at radius 1 is 1.19 bits per heavy atom. The van der Waals surface area contributed by atoms with Crippen LogP contribution < -0.4 is 0 Å². The molecule has 1 aromatic heterocycles. The number of aromatic nitrogens is 1. The Morgan fingerprint density at radius 2 is 1.88 bits per heavy atom. The first-order chi connectivity index (χ1) is 7.74. The minimum absolute atomic E-state index is 0.369. The van der Waals surface area contributed by atoms with Gasteiger partial charge in [-0.25, -0.2) is 4.79 Å². The van der Waals surface area contributed by atoms with Crippen molar-refractivity contribution in [1.29, 1.82) is 0 Å². The van der Waals surface area contributed by atoms with Gasteiger partial charge in [0, 0.05) is 6.20 Å². The van der Waals surface area contributed by atoms with Gasteiger partial charge in [-0.05, 0) is 24.1 Å². The molecule has 0 spiro atoms. The van der Waals surface area contributed by atoms with E-state index >= 15 is 0 Å². The second-order valence-electron chi connectivity index (χ2n) is 3.55. The van der Waals surface area contributed by atoms with Crippen molar-refractivity contribution < 1.29 is 9.53 Å². The first kappa shape index (κ1) is 10.5. The van der Waals surface area contributed by atoms with E-state index < -0.39 is 0 Å². The lowest BCUT2D eigenvalue weighted by Crippen LogP contribution is -2.11. The largest absolute Gasteiger partial charge is 0.452 e. The van der Waals surface area contributed by atoms with Crippen LogP contribution in [0.1, 0.15) is 5.56 Å². The van der Waals surface area contributed by atoms with E-state index in [4.69, 9.17) is 4.74 Å². The highest BCUT2D eigenvalue weighted by Gasteiger charge is 2.13. The zero-order valence-electron chi connectivity index (χ0n) is 9.31. The Bertz CT molecular complexity index is 500. The average molecular weight is 215 g/mol. The number of carbonyl (C=O) groups excluding carboxylic acids is 1. The summed E-state index contributed by atoms with van der Waals surface area (Å²) in [5, 5.41) is 0. The molecule has 82 valence electrons. The summed E-state index contributed by atoms with van der Waals surface area (Å²) in [5.41, 5.74) is 2.94. The smallest absolute Gasteiger partial charge is 0.418 e. The molecule has 2 rings (SSSR count). The molecule has 3 nitrogen and oxygen atoms in total. The van der Waals surface area contributed by atoms with Gasteiger partial charge < -0.3 is 4.74 Å². The SMILES string of the molecule is COC(=O)n1ccc(C)c1-c1ccccc1. The van der Waals surface area contributed by atoms with Crippen LogP contribution in [0.25, 0.3) is 11.3 Å². The second kappa shape index (κ2) is 4.23. The molecule has 0 amide bonds. The average Bonchev–Trinajstić information content (AvgIpc) is 2.71. The van der Waals surface area contributed by atoms with Crippen LogP contribution in [-0.4, -0.2) is 17.8 Å². The van der Waals surface area contributed by atoms with E-state index in [0.29, 0.717) is 0 Å². The molecule has 0 fully saturated rings. The first-order valence-corrected chi connectivity index (χ1v) is 5.05. The van der Waals surface area contributed by atoms with Crippen molar-refractivity contribution in [1.82, 2.24) is 4.57 Å². The van der Waals surface area contributed by atoms with Crippen molar-refractivity contribution >= 4 is 6.09 Å². The van der Waals surface area contributed by atoms with Crippen molar-refractivity contribution in [3.63, 3.8) is 0 Å². The highest BCUT2D eigenvalue weighted by Crippen LogP contribution is 2.24. The van der Waals surface area contributed by atoms with Gasteiger partial charge in [-0.3, -0.25) is 4.57 Å². The van der Waals surface area contributed by atoms with Crippen LogP contribution in [0.15, 0.2) is 42.6 Å². The van der Waals surface area contributed by atoms with Crippen LogP contribution in [0.5, 0.6) is 0 Å². The van der Waals surface area contributed by atoms with Gasteiger partial charge in [-0.2, -0.15) is 0 Å². The predicted molar refractivity (Wildman–Crippen MR) is 62.4 cm³/mol. The molecule has 2 aromatic rings. The predicted octanol–water partition coefficient (Wildman–Crippen LogP) is 3.08. The van der Waals surface area contributed by atoms with Crippen molar-refractivity contribution in [2.45, 2.75) is 6.92 Å². The fourth-order valence-corrected chi connectivity index (χ4v) is 1.74. The summed E-state index contributed by atoms with van der Waals surface area (Å²) in [7, 11) is 1.38. The quantitative estimate of drug-likeness (QED) is 0.732. The van der Waals surface area contributed by atoms with Crippen molar-refractivity contribution in [2.24, 2.45) is 0 Å². The van der Waals surface area contributed by atoms with Gasteiger partial charge in [-0.15, -0.1) is 0 Å². The zero-order valence-corrected chi connectivity index (χ0v) is 9.31. The van der Waals surface area contributed by atoms with Crippen LogP contribution in [0, 0.1) is 6.92 Å². The van der Waals surface area contributed by atoms with Gasteiger partial charge in [-0.1, -0.05) is 30.3 Å². The van der Waals surface area contributed by atoms with Crippen molar-refractivity contribution in [2.75, 3.05) is 7.11 Å². The second-order valence-corrected chi connectivity index (χ2v) is 3.55. The Kier molecular flexibility index (Phi) is 2.77. The monoisotopic (exact) mass is 215 g/mol. The van der Waals surface area contributed by atoms with Gasteiger partial charge in [0.05, 0.1) is 12.8 Å². The third-order valence-electron chi connectivity index (χ3n) is 2.51. The molecule has 0 unspecified atom stereocenters. The van der Waals surface area contributed by atoms with E-state index in [9.17, 15) is 4.79 Å². The van der Waals surface area contributed by atoms with Crippen LogP contribution in [0.3, 0.4) is 0 Å². The molecule has 0 aliphatic carbocycles. The minimum atomic E-state index is -0.369. The van der Waals surface area contributed by atoms with Gasteiger partial charge in [0.15, 0.2) is 0 Å². The molecule has 0 radical (unpaired) electrons. The molecule has 1 heterocycles. The minimum Gasteiger partial charge on any atom is -0.452 e. The van der Waals surface area contributed by atoms with E-state index in [1.54, 1.807) is 6.20 Å². The number of rotatable bonds is 1. The van der Waals surface area contributed by atoms with E-state index in [-0.39, 0.29) is 6.09 Å². The molecule has 0 aliphatic heterocycles. The Balaban J connectivity index is 2.56. The molecule has 0 atom stereocenters. The molecular weight excluding hydrogens is 202 g/mol. The molecule has 0 saturated heterocycles. The summed E-state index contributed by atoms with van der Waals surface area (Å²) in [6, 6.07) is 11.7. The number of hydrogen-bond donors (Lipinski definition) is 0. The van der Waals surface area contributed by atoms with Gasteiger partial charge in [0.25, 0.3) is 0 Å². The van der Waals surface area contributed by atoms with Crippen LogP contribution in [0.4, 0.5) is 4.79 Å². The molecule has 0 aliphatic rings. The molecule has 0 N–H and O–H groups in total. The molecule has 16 heavy (non-hydrogen) atoms. The fraction of sp³-hybridized carbons (Fsp3) is 0.154. The van der Waals surface area contributed by atoms with E-state index in [1.807, 2.05) is 43.3 Å². The lowest BCUT2D eigenvalue weighted by molar-refractivity contribution is 0.173. The molecule has 3 heteroatoms. The molecular formula is C13H13NO2. The first-order valence-electron chi connectivity index (χ1n) is 5.05. The molecule has 1 aromatic carbocycles. The van der Waals surface area contributed by atoms with Crippen LogP contribution in [0.2, 0.25) is 0 Å². The van der Waals surface area contributed by atoms with Gasteiger partial charge in [0.1, 0.15) is 0 Å². The third-order valence-corrected chi connectivity index (χ3v) is 2.51. The number of methoxy groups -OCH3 is 1. The Labute approximate surface area is 94.3 Å². The van der Waals surface area contributed by atoms with E-state index in [1.165, 1.54) is 11.7 Å². The summed E-state index contributed by atoms with van der Waals surface area (Å²) >= 11 is 0. The number of ether oxygens (including phenoxy) is 1. The van der Waals surface area contributed by atoms with Crippen LogP contribution >= 0.6 is 0 Å². The number of carbonyl (C=O) groups is 1. The summed E-state index contributed by atoms with van der Waals surface area (Å²) < 4.78 is 6.25. The maximum atomic E-state index is 11.6. The van der Waals surface area contributed by atoms with Crippen LogP contribution in [-0.2, 0) is 4.74 Å². The number of aryl methyl sites for hydroxylation is 1. The lowest BCUT2D eigenvalue weighted by atomic mass is 10.1. The van der Waals surface area contributed by atoms with Gasteiger partial charge in [0.2, 0.25) is 0 Å². The highest BCUT2D eigenvalue weighted by atomic mass is 16.5. The Hall–Kier alpha value is -2.03. The summed E-state index contributed by atoms with van der Waals surface area (Å²) in [5.74, 6) is 0. The topological polar surface area (TPSA) is 31.2 Å². The maximum absolute atomic E-state index is 11.6. The number of nitrogens with zero attached hydrogens (tertiary/aromatic N) is 1. The summed E-state index contributed by atoms with van der Waals surface area (Å²) in [4.78, 5) is 11.6. The maximum Gasteiger partial charge on any atom is 0.418 e. The zero-order chi connectivity index (χ0) is 11.5. The molecule has 0 bridgehead atoms. The summed E-state index contributed by atoms with van der Waals surface area (Å²) in [6.07, 6.45) is 1.36. The molecule has 0 saturated carbocycles. The summed E-state index contributed by atoms with van der Waals surface area (Å²) in [6.45, 7) is 1.97. The Morgan fingerprint density at radius 3 is 2.50 bits per heavy atom. The lowest BCUT2D eigenvalue weighted by Gasteiger charge is -2.07. The van der Waals surface area contributed by atoms with Gasteiger partial charge >= 0.3 is 6.09 Å². The van der Waals surface area contributed by atoms with E-state index in [2.05, 4.69) is 0 Å². The number of hydrogen-bond acceptors (Lipinski definition) is 2. The fourth-order valence-electron chi connectivity index (χ4n) is 1.74. The van der Waals surface area contributed by atoms with Crippen molar-refractivity contribution in [3.05, 3.63) is 48.2 Å².